The van der Waals surface area contributed by atoms with Crippen LogP contribution in [0, 0.1) is 12.7 Å². The molecule has 13 heavy (non-hydrogen) atoms. The zero-order valence-corrected chi connectivity index (χ0v) is 7.55. The van der Waals surface area contributed by atoms with Crippen molar-refractivity contribution in [1.29, 1.82) is 0 Å². The Bertz CT molecular complexity index is 308. The van der Waals surface area contributed by atoms with Gasteiger partial charge in [0, 0.05) is 12.5 Å². The molecule has 0 radical (unpaired) electrons. The molecule has 1 saturated heterocycles. The normalized spacial score (nSPS) is 22.2. The summed E-state index contributed by atoms with van der Waals surface area (Å²) in [6.45, 7) is 3.58. The molecule has 70 valence electrons. The quantitative estimate of drug-likeness (QED) is 0.702. The predicted molar refractivity (Wildman–Crippen MR) is 47.0 cm³/mol. The van der Waals surface area contributed by atoms with Crippen molar-refractivity contribution in [2.45, 2.75) is 19.3 Å². The molecule has 1 aromatic rings. The number of halogens is 1. The van der Waals surface area contributed by atoms with Gasteiger partial charge in [0.1, 0.15) is 5.82 Å². The second kappa shape index (κ2) is 3.38. The van der Waals surface area contributed by atoms with Crippen molar-refractivity contribution in [3.05, 3.63) is 23.5 Å². The van der Waals surface area contributed by atoms with Gasteiger partial charge in [-0.05, 0) is 19.9 Å². The third-order valence-corrected chi connectivity index (χ3v) is 2.36. The topological polar surface area (TPSA) is 37.8 Å². The highest BCUT2D eigenvalue weighted by atomic mass is 19.1. The summed E-state index contributed by atoms with van der Waals surface area (Å²) in [6, 6.07) is 0. The van der Waals surface area contributed by atoms with Gasteiger partial charge in [-0.25, -0.2) is 14.4 Å². The predicted octanol–water partition coefficient (Wildman–Crippen LogP) is 1.00. The Morgan fingerprint density at radius 3 is 3.08 bits per heavy atom. The molecule has 0 aliphatic carbocycles. The van der Waals surface area contributed by atoms with E-state index >= 15 is 0 Å². The van der Waals surface area contributed by atoms with E-state index in [-0.39, 0.29) is 5.82 Å². The molecular formula is C9H12FN3. The number of hydrogen-bond donors (Lipinski definition) is 1. The molecule has 3 nitrogen and oxygen atoms in total. The average molecular weight is 181 g/mol. The third-order valence-electron chi connectivity index (χ3n) is 2.36. The lowest BCUT2D eigenvalue weighted by Gasteiger charge is -2.06. The molecule has 1 aliphatic rings. The lowest BCUT2D eigenvalue weighted by Crippen LogP contribution is -2.11. The van der Waals surface area contributed by atoms with E-state index in [2.05, 4.69) is 15.3 Å². The Kier molecular flexibility index (Phi) is 2.22. The van der Waals surface area contributed by atoms with E-state index in [0.717, 1.165) is 25.3 Å². The monoisotopic (exact) mass is 181 g/mol. The van der Waals surface area contributed by atoms with Gasteiger partial charge in [-0.3, -0.25) is 0 Å². The fourth-order valence-electron chi connectivity index (χ4n) is 1.54. The van der Waals surface area contributed by atoms with Crippen LogP contribution in [0.3, 0.4) is 0 Å². The van der Waals surface area contributed by atoms with E-state index < -0.39 is 0 Å². The number of nitrogens with zero attached hydrogens (tertiary/aromatic N) is 2. The van der Waals surface area contributed by atoms with Gasteiger partial charge in [-0.2, -0.15) is 0 Å². The standard InChI is InChI=1S/C9H12FN3/c1-6-8(10)5-12-9(13-6)7-2-3-11-4-7/h5,7,11H,2-4H2,1H3. The van der Waals surface area contributed by atoms with Crippen molar-refractivity contribution in [3.63, 3.8) is 0 Å². The van der Waals surface area contributed by atoms with Gasteiger partial charge >= 0.3 is 0 Å². The highest BCUT2D eigenvalue weighted by molar-refractivity contribution is 5.07. The summed E-state index contributed by atoms with van der Waals surface area (Å²) in [6.07, 6.45) is 2.31. The number of aromatic nitrogens is 2. The van der Waals surface area contributed by atoms with Crippen molar-refractivity contribution in [1.82, 2.24) is 15.3 Å². The van der Waals surface area contributed by atoms with Gasteiger partial charge < -0.3 is 5.32 Å². The number of aryl methyl sites for hydroxylation is 1. The fraction of sp³-hybridized carbons (Fsp3) is 0.556. The maximum absolute atomic E-state index is 12.8. The van der Waals surface area contributed by atoms with E-state index in [4.69, 9.17) is 0 Å². The Labute approximate surface area is 76.4 Å². The van der Waals surface area contributed by atoms with Gasteiger partial charge in [0.25, 0.3) is 0 Å². The summed E-state index contributed by atoms with van der Waals surface area (Å²) in [5.41, 5.74) is 0.442. The van der Waals surface area contributed by atoms with Crippen molar-refractivity contribution in [2.75, 3.05) is 13.1 Å². The summed E-state index contributed by atoms with van der Waals surface area (Å²) in [5.74, 6) is 0.804. The van der Waals surface area contributed by atoms with E-state index in [1.165, 1.54) is 6.20 Å². The molecule has 1 aromatic heterocycles. The first-order chi connectivity index (χ1) is 6.27. The molecule has 2 heterocycles. The van der Waals surface area contributed by atoms with E-state index in [1.807, 2.05) is 0 Å². The largest absolute Gasteiger partial charge is 0.316 e. The van der Waals surface area contributed by atoms with Crippen molar-refractivity contribution < 1.29 is 4.39 Å². The van der Waals surface area contributed by atoms with Crippen LogP contribution in [-0.2, 0) is 0 Å². The van der Waals surface area contributed by atoms with Crippen molar-refractivity contribution in [3.8, 4) is 0 Å². The highest BCUT2D eigenvalue weighted by Gasteiger charge is 2.19. The van der Waals surface area contributed by atoms with Crippen LogP contribution in [0.4, 0.5) is 4.39 Å². The smallest absolute Gasteiger partial charge is 0.162 e. The van der Waals surface area contributed by atoms with Crippen LogP contribution in [0.25, 0.3) is 0 Å². The molecule has 0 saturated carbocycles. The van der Waals surface area contributed by atoms with Gasteiger partial charge in [-0.1, -0.05) is 0 Å². The molecule has 2 rings (SSSR count). The molecule has 1 aliphatic heterocycles. The summed E-state index contributed by atoms with van der Waals surface area (Å²) in [4.78, 5) is 8.12. The first-order valence-corrected chi connectivity index (χ1v) is 4.47. The van der Waals surface area contributed by atoms with Crippen LogP contribution < -0.4 is 5.32 Å². The molecule has 4 heteroatoms. The lowest BCUT2D eigenvalue weighted by atomic mass is 10.1. The maximum atomic E-state index is 12.8. The molecule has 1 atom stereocenters. The van der Waals surface area contributed by atoms with E-state index in [0.29, 0.717) is 11.6 Å². The van der Waals surface area contributed by atoms with E-state index in [1.54, 1.807) is 6.92 Å². The van der Waals surface area contributed by atoms with Crippen molar-refractivity contribution >= 4 is 0 Å². The molecule has 0 aromatic carbocycles. The van der Waals surface area contributed by atoms with Crippen LogP contribution in [0.15, 0.2) is 6.20 Å². The minimum absolute atomic E-state index is 0.324. The van der Waals surface area contributed by atoms with Gasteiger partial charge in [-0.15, -0.1) is 0 Å². The Morgan fingerprint density at radius 1 is 1.62 bits per heavy atom. The number of hydrogen-bond acceptors (Lipinski definition) is 3. The molecule has 0 bridgehead atoms. The van der Waals surface area contributed by atoms with Crippen molar-refractivity contribution in [2.24, 2.45) is 0 Å². The summed E-state index contributed by atoms with van der Waals surface area (Å²) >= 11 is 0. The lowest BCUT2D eigenvalue weighted by molar-refractivity contribution is 0.586. The van der Waals surface area contributed by atoms with Crippen LogP contribution >= 0.6 is 0 Å². The van der Waals surface area contributed by atoms with Gasteiger partial charge in [0.05, 0.1) is 11.9 Å². The molecule has 0 spiro atoms. The summed E-state index contributed by atoms with van der Waals surface area (Å²) in [7, 11) is 0. The summed E-state index contributed by atoms with van der Waals surface area (Å²) < 4.78 is 12.8. The Morgan fingerprint density at radius 2 is 2.46 bits per heavy atom. The SMILES string of the molecule is Cc1nc(C2CCNC2)ncc1F. The molecule has 1 unspecified atom stereocenters. The second-order valence-corrected chi connectivity index (χ2v) is 3.35. The molecular weight excluding hydrogens is 169 g/mol. The second-order valence-electron chi connectivity index (χ2n) is 3.35. The molecule has 1 N–H and O–H groups in total. The van der Waals surface area contributed by atoms with Crippen LogP contribution in [0.5, 0.6) is 0 Å². The van der Waals surface area contributed by atoms with Crippen LogP contribution in [0.1, 0.15) is 23.9 Å². The highest BCUT2D eigenvalue weighted by Crippen LogP contribution is 2.18. The van der Waals surface area contributed by atoms with Gasteiger partial charge in [0.2, 0.25) is 0 Å². The average Bonchev–Trinajstić information content (AvgIpc) is 2.62. The number of rotatable bonds is 1. The first kappa shape index (κ1) is 8.56. The summed E-state index contributed by atoms with van der Waals surface area (Å²) in [5, 5.41) is 3.23. The Balaban J connectivity index is 2.25. The Hall–Kier alpha value is -1.03. The minimum Gasteiger partial charge on any atom is -0.316 e. The maximum Gasteiger partial charge on any atom is 0.162 e. The minimum atomic E-state index is -0.324. The van der Waals surface area contributed by atoms with Crippen LogP contribution in [0.2, 0.25) is 0 Å². The van der Waals surface area contributed by atoms with Crippen LogP contribution in [-0.4, -0.2) is 23.1 Å². The molecule has 0 amide bonds. The zero-order valence-electron chi connectivity index (χ0n) is 7.55. The number of nitrogens with one attached hydrogen (secondary N) is 1. The fourth-order valence-corrected chi connectivity index (χ4v) is 1.54. The molecule has 1 fully saturated rings. The third kappa shape index (κ3) is 1.67. The first-order valence-electron chi connectivity index (χ1n) is 4.47. The van der Waals surface area contributed by atoms with E-state index in [9.17, 15) is 4.39 Å². The zero-order chi connectivity index (χ0) is 9.26. The van der Waals surface area contributed by atoms with Gasteiger partial charge in [0.15, 0.2) is 5.82 Å².